The number of aliphatic hydroxyl groups excluding tert-OH is 1. The molecule has 0 aliphatic heterocycles. The Kier molecular flexibility index (Phi) is 5.22. The van der Waals surface area contributed by atoms with E-state index in [-0.39, 0.29) is 18.5 Å². The van der Waals surface area contributed by atoms with Gasteiger partial charge in [0.1, 0.15) is 11.6 Å². The van der Waals surface area contributed by atoms with E-state index in [1.807, 2.05) is 0 Å². The minimum absolute atomic E-state index is 0.160. The topological polar surface area (TPSA) is 55.5 Å². The summed E-state index contributed by atoms with van der Waals surface area (Å²) in [6, 6.07) is 4.08. The van der Waals surface area contributed by atoms with Crippen LogP contribution >= 0.6 is 0 Å². The SMILES string of the molecule is C[C@H](N)c1cc(F)ccc1OCCCCO. The van der Waals surface area contributed by atoms with Gasteiger partial charge in [-0.1, -0.05) is 0 Å². The van der Waals surface area contributed by atoms with E-state index in [2.05, 4.69) is 0 Å². The monoisotopic (exact) mass is 227 g/mol. The average Bonchev–Trinajstić information content (AvgIpc) is 2.26. The Morgan fingerprint density at radius 2 is 2.19 bits per heavy atom. The van der Waals surface area contributed by atoms with Crippen molar-refractivity contribution in [2.24, 2.45) is 5.73 Å². The van der Waals surface area contributed by atoms with E-state index in [4.69, 9.17) is 15.6 Å². The molecule has 0 bridgehead atoms. The van der Waals surface area contributed by atoms with Crippen molar-refractivity contribution in [1.29, 1.82) is 0 Å². The van der Waals surface area contributed by atoms with E-state index in [1.54, 1.807) is 13.0 Å². The molecule has 4 heteroatoms. The molecule has 3 nitrogen and oxygen atoms in total. The van der Waals surface area contributed by atoms with Crippen molar-refractivity contribution in [3.63, 3.8) is 0 Å². The molecule has 16 heavy (non-hydrogen) atoms. The lowest BCUT2D eigenvalue weighted by molar-refractivity contribution is 0.251. The fourth-order valence-corrected chi connectivity index (χ4v) is 1.40. The third-order valence-corrected chi connectivity index (χ3v) is 2.27. The van der Waals surface area contributed by atoms with Crippen molar-refractivity contribution in [3.05, 3.63) is 29.6 Å². The molecule has 0 unspecified atom stereocenters. The van der Waals surface area contributed by atoms with Gasteiger partial charge in [-0.25, -0.2) is 4.39 Å². The Hall–Kier alpha value is -1.13. The average molecular weight is 227 g/mol. The van der Waals surface area contributed by atoms with Crippen LogP contribution in [0.1, 0.15) is 31.4 Å². The lowest BCUT2D eigenvalue weighted by Gasteiger charge is -2.13. The summed E-state index contributed by atoms with van der Waals surface area (Å²) >= 11 is 0. The number of unbranched alkanes of at least 4 members (excludes halogenated alkanes) is 1. The minimum Gasteiger partial charge on any atom is -0.493 e. The van der Waals surface area contributed by atoms with Crippen LogP contribution in [0.4, 0.5) is 4.39 Å². The maximum Gasteiger partial charge on any atom is 0.124 e. The molecule has 0 aliphatic rings. The molecule has 0 saturated carbocycles. The van der Waals surface area contributed by atoms with Crippen LogP contribution in [0.15, 0.2) is 18.2 Å². The van der Waals surface area contributed by atoms with Crippen LogP contribution in [0, 0.1) is 5.82 Å². The molecular formula is C12H18FNO2. The van der Waals surface area contributed by atoms with Crippen molar-refractivity contribution >= 4 is 0 Å². The molecule has 0 saturated heterocycles. The quantitative estimate of drug-likeness (QED) is 0.731. The molecule has 0 aliphatic carbocycles. The number of ether oxygens (including phenoxy) is 1. The van der Waals surface area contributed by atoms with E-state index in [0.29, 0.717) is 24.3 Å². The molecule has 1 atom stereocenters. The number of halogens is 1. The zero-order chi connectivity index (χ0) is 12.0. The standard InChI is InChI=1S/C12H18FNO2/c1-9(14)11-8-10(13)4-5-12(11)16-7-3-2-6-15/h4-5,8-9,15H,2-3,6-7,14H2,1H3/t9-/m0/s1. The van der Waals surface area contributed by atoms with Crippen LogP contribution in [-0.4, -0.2) is 18.3 Å². The van der Waals surface area contributed by atoms with Crippen LogP contribution in [0.3, 0.4) is 0 Å². The third kappa shape index (κ3) is 3.79. The van der Waals surface area contributed by atoms with Crippen LogP contribution in [0.25, 0.3) is 0 Å². The molecule has 0 heterocycles. The molecule has 0 fully saturated rings. The van der Waals surface area contributed by atoms with Crippen LogP contribution in [0.2, 0.25) is 0 Å². The Labute approximate surface area is 95.0 Å². The van der Waals surface area contributed by atoms with Gasteiger partial charge in [0.25, 0.3) is 0 Å². The number of aliphatic hydroxyl groups is 1. The largest absolute Gasteiger partial charge is 0.493 e. The molecule has 0 spiro atoms. The summed E-state index contributed by atoms with van der Waals surface area (Å²) in [6.45, 7) is 2.45. The van der Waals surface area contributed by atoms with Gasteiger partial charge in [0.15, 0.2) is 0 Å². The summed E-state index contributed by atoms with van der Waals surface area (Å²) in [5.74, 6) is 0.310. The molecule has 3 N–H and O–H groups in total. The van der Waals surface area contributed by atoms with Crippen LogP contribution in [-0.2, 0) is 0 Å². The normalized spacial score (nSPS) is 12.5. The highest BCUT2D eigenvalue weighted by atomic mass is 19.1. The van der Waals surface area contributed by atoms with Crippen molar-refractivity contribution in [3.8, 4) is 5.75 Å². The summed E-state index contributed by atoms with van der Waals surface area (Å²) in [7, 11) is 0. The smallest absolute Gasteiger partial charge is 0.124 e. The molecule has 0 amide bonds. The molecule has 90 valence electrons. The Balaban J connectivity index is 2.64. The first-order chi connectivity index (χ1) is 7.65. The van der Waals surface area contributed by atoms with Gasteiger partial charge in [-0.3, -0.25) is 0 Å². The molecule has 0 radical (unpaired) electrons. The number of hydrogen-bond acceptors (Lipinski definition) is 3. The second kappa shape index (κ2) is 6.45. The Bertz CT molecular complexity index is 329. The summed E-state index contributed by atoms with van der Waals surface area (Å²) in [5.41, 5.74) is 6.40. The van der Waals surface area contributed by atoms with Crippen molar-refractivity contribution in [2.45, 2.75) is 25.8 Å². The van der Waals surface area contributed by atoms with Crippen molar-refractivity contribution in [2.75, 3.05) is 13.2 Å². The molecule has 0 aromatic heterocycles. The van der Waals surface area contributed by atoms with E-state index >= 15 is 0 Å². The van der Waals surface area contributed by atoms with Gasteiger partial charge in [0.2, 0.25) is 0 Å². The number of benzene rings is 1. The number of hydrogen-bond donors (Lipinski definition) is 2. The lowest BCUT2D eigenvalue weighted by atomic mass is 10.1. The maximum absolute atomic E-state index is 13.0. The van der Waals surface area contributed by atoms with Gasteiger partial charge < -0.3 is 15.6 Å². The van der Waals surface area contributed by atoms with Gasteiger partial charge in [0, 0.05) is 18.2 Å². The highest BCUT2D eigenvalue weighted by Crippen LogP contribution is 2.24. The Morgan fingerprint density at radius 3 is 2.81 bits per heavy atom. The summed E-state index contributed by atoms with van der Waals surface area (Å²) in [4.78, 5) is 0. The second-order valence-corrected chi connectivity index (χ2v) is 3.75. The van der Waals surface area contributed by atoms with Gasteiger partial charge >= 0.3 is 0 Å². The number of nitrogens with two attached hydrogens (primary N) is 1. The fraction of sp³-hybridized carbons (Fsp3) is 0.500. The summed E-state index contributed by atoms with van der Waals surface area (Å²) in [5, 5.41) is 8.62. The highest BCUT2D eigenvalue weighted by molar-refractivity contribution is 5.36. The Morgan fingerprint density at radius 1 is 1.44 bits per heavy atom. The molecule has 1 rings (SSSR count). The van der Waals surface area contributed by atoms with E-state index in [9.17, 15) is 4.39 Å². The number of rotatable bonds is 6. The van der Waals surface area contributed by atoms with E-state index < -0.39 is 0 Å². The van der Waals surface area contributed by atoms with E-state index in [0.717, 1.165) is 6.42 Å². The molecule has 1 aromatic rings. The zero-order valence-corrected chi connectivity index (χ0v) is 9.45. The minimum atomic E-state index is -0.310. The first-order valence-corrected chi connectivity index (χ1v) is 5.44. The summed E-state index contributed by atoms with van der Waals surface area (Å²) in [6.07, 6.45) is 1.47. The summed E-state index contributed by atoms with van der Waals surface area (Å²) < 4.78 is 18.5. The first-order valence-electron chi connectivity index (χ1n) is 5.44. The molecule has 1 aromatic carbocycles. The molecular weight excluding hydrogens is 209 g/mol. The van der Waals surface area contributed by atoms with Crippen molar-refractivity contribution in [1.82, 2.24) is 0 Å². The van der Waals surface area contributed by atoms with E-state index in [1.165, 1.54) is 12.1 Å². The van der Waals surface area contributed by atoms with Gasteiger partial charge in [-0.2, -0.15) is 0 Å². The predicted molar refractivity (Wildman–Crippen MR) is 60.8 cm³/mol. The highest BCUT2D eigenvalue weighted by Gasteiger charge is 2.09. The maximum atomic E-state index is 13.0. The third-order valence-electron chi connectivity index (χ3n) is 2.27. The van der Waals surface area contributed by atoms with Gasteiger partial charge in [-0.15, -0.1) is 0 Å². The predicted octanol–water partition coefficient (Wildman–Crippen LogP) is 2.00. The van der Waals surface area contributed by atoms with Crippen molar-refractivity contribution < 1.29 is 14.2 Å². The van der Waals surface area contributed by atoms with Gasteiger partial charge in [0.05, 0.1) is 6.61 Å². The zero-order valence-electron chi connectivity index (χ0n) is 9.45. The fourth-order valence-electron chi connectivity index (χ4n) is 1.40. The van der Waals surface area contributed by atoms with Crippen LogP contribution < -0.4 is 10.5 Å². The first kappa shape index (κ1) is 12.9. The lowest BCUT2D eigenvalue weighted by Crippen LogP contribution is -2.09. The van der Waals surface area contributed by atoms with Crippen LogP contribution in [0.5, 0.6) is 5.75 Å². The second-order valence-electron chi connectivity index (χ2n) is 3.75. The van der Waals surface area contributed by atoms with Gasteiger partial charge in [-0.05, 0) is 38.0 Å².